The molecule has 1 unspecified atom stereocenters. The highest BCUT2D eigenvalue weighted by Crippen LogP contribution is 2.37. The molecule has 4 rings (SSSR count). The Morgan fingerprint density at radius 1 is 0.939 bits per heavy atom. The Balaban J connectivity index is 1.29. The van der Waals surface area contributed by atoms with Crippen molar-refractivity contribution in [1.29, 1.82) is 0 Å². The van der Waals surface area contributed by atoms with Crippen molar-refractivity contribution in [3.05, 3.63) is 27.2 Å². The zero-order valence-electron chi connectivity index (χ0n) is 18.5. The van der Waals surface area contributed by atoms with Crippen molar-refractivity contribution in [2.24, 2.45) is 0 Å². The molecule has 1 aromatic carbocycles. The molecule has 1 aromatic rings. The fourth-order valence-electron chi connectivity index (χ4n) is 5.15. The van der Waals surface area contributed by atoms with Crippen LogP contribution in [-0.4, -0.2) is 86.5 Å². The first-order valence-corrected chi connectivity index (χ1v) is 14.1. The predicted molar refractivity (Wildman–Crippen MR) is 130 cm³/mol. The number of rotatable bonds is 7. The number of sulfonamides is 1. The number of piperidine rings is 1. The molecule has 3 aliphatic rings. The van der Waals surface area contributed by atoms with Gasteiger partial charge in [-0.3, -0.25) is 4.79 Å². The van der Waals surface area contributed by atoms with Crippen molar-refractivity contribution < 1.29 is 17.9 Å². The predicted octanol–water partition coefficient (Wildman–Crippen LogP) is 3.90. The number of hydrogen-bond acceptors (Lipinski definition) is 5. The van der Waals surface area contributed by atoms with Crippen LogP contribution in [0.1, 0.15) is 38.5 Å². The van der Waals surface area contributed by atoms with Crippen LogP contribution in [0.3, 0.4) is 0 Å². The minimum atomic E-state index is -3.92. The summed E-state index contributed by atoms with van der Waals surface area (Å²) in [6, 6.07) is 2.96. The van der Waals surface area contributed by atoms with Crippen LogP contribution in [0.25, 0.3) is 0 Å². The molecule has 11 heteroatoms. The molecule has 184 valence electrons. The van der Waals surface area contributed by atoms with Crippen molar-refractivity contribution in [2.45, 2.75) is 55.5 Å². The Hall–Kier alpha value is -0.610. The van der Waals surface area contributed by atoms with E-state index in [1.54, 1.807) is 0 Å². The van der Waals surface area contributed by atoms with Gasteiger partial charge in [0.2, 0.25) is 15.9 Å². The number of halogens is 3. The molecule has 7 nitrogen and oxygen atoms in total. The van der Waals surface area contributed by atoms with Crippen LogP contribution in [0, 0.1) is 0 Å². The molecule has 3 saturated heterocycles. The maximum absolute atomic E-state index is 13.3. The molecule has 0 spiro atoms. The van der Waals surface area contributed by atoms with E-state index in [0.29, 0.717) is 25.4 Å². The molecule has 33 heavy (non-hydrogen) atoms. The molecule has 1 amide bonds. The summed E-state index contributed by atoms with van der Waals surface area (Å²) in [5.74, 6) is -0.0360. The van der Waals surface area contributed by atoms with E-state index in [-0.39, 0.29) is 45.1 Å². The summed E-state index contributed by atoms with van der Waals surface area (Å²) in [6.45, 7) is 4.31. The van der Waals surface area contributed by atoms with Gasteiger partial charge in [-0.2, -0.15) is 4.31 Å². The monoisotopic (exact) mass is 537 g/mol. The van der Waals surface area contributed by atoms with Crippen molar-refractivity contribution in [3.63, 3.8) is 0 Å². The minimum Gasteiger partial charge on any atom is -0.370 e. The van der Waals surface area contributed by atoms with E-state index in [1.807, 2.05) is 4.90 Å². The van der Waals surface area contributed by atoms with Gasteiger partial charge in [0, 0.05) is 36.7 Å². The number of carbonyl (C=O) groups is 1. The quantitative estimate of drug-likeness (QED) is 0.527. The second-order valence-corrected chi connectivity index (χ2v) is 12.1. The number of carbonyl (C=O) groups excluding carboxylic acids is 1. The summed E-state index contributed by atoms with van der Waals surface area (Å²) in [4.78, 5) is 16.9. The number of amides is 1. The lowest BCUT2D eigenvalue weighted by Gasteiger charge is -2.36. The van der Waals surface area contributed by atoms with Gasteiger partial charge in [0.15, 0.2) is 0 Å². The third-order valence-electron chi connectivity index (χ3n) is 6.86. The average molecular weight is 539 g/mol. The highest BCUT2D eigenvalue weighted by Gasteiger charge is 2.38. The van der Waals surface area contributed by atoms with E-state index >= 15 is 0 Å². The van der Waals surface area contributed by atoms with E-state index < -0.39 is 10.0 Å². The van der Waals surface area contributed by atoms with Gasteiger partial charge in [-0.15, -0.1) is 0 Å². The maximum atomic E-state index is 13.3. The Morgan fingerprint density at radius 3 is 2.21 bits per heavy atom. The Morgan fingerprint density at radius 2 is 1.58 bits per heavy atom. The first-order chi connectivity index (χ1) is 15.8. The highest BCUT2D eigenvalue weighted by molar-refractivity contribution is 7.89. The van der Waals surface area contributed by atoms with E-state index in [4.69, 9.17) is 39.5 Å². The van der Waals surface area contributed by atoms with Crippen molar-refractivity contribution in [2.75, 3.05) is 45.9 Å². The van der Waals surface area contributed by atoms with Gasteiger partial charge >= 0.3 is 0 Å². The van der Waals surface area contributed by atoms with E-state index in [2.05, 4.69) is 4.90 Å². The first kappa shape index (κ1) is 25.5. The Bertz CT molecular complexity index is 941. The molecule has 0 N–H and O–H groups in total. The summed E-state index contributed by atoms with van der Waals surface area (Å²) >= 11 is 18.3. The van der Waals surface area contributed by atoms with E-state index in [1.165, 1.54) is 42.4 Å². The smallest absolute Gasteiger partial charge is 0.248 e. The first-order valence-electron chi connectivity index (χ1n) is 11.5. The van der Waals surface area contributed by atoms with Crippen LogP contribution >= 0.6 is 34.8 Å². The largest absolute Gasteiger partial charge is 0.370 e. The van der Waals surface area contributed by atoms with Gasteiger partial charge in [-0.1, -0.05) is 34.8 Å². The van der Waals surface area contributed by atoms with Crippen molar-refractivity contribution in [1.82, 2.24) is 14.1 Å². The van der Waals surface area contributed by atoms with Gasteiger partial charge in [0.25, 0.3) is 0 Å². The van der Waals surface area contributed by atoms with Gasteiger partial charge < -0.3 is 14.5 Å². The van der Waals surface area contributed by atoms with Crippen LogP contribution in [0.15, 0.2) is 17.0 Å². The normalized spacial score (nSPS) is 23.5. The number of hydrogen-bond donors (Lipinski definition) is 0. The maximum Gasteiger partial charge on any atom is 0.248 e. The molecule has 3 aliphatic heterocycles. The standard InChI is InChI=1S/C22H30Cl3N3O4S/c23-16-12-19(24)22(20(25)13-16)33(30,31)28-9-3-4-18(28)14-32-15-21(29)27-10-5-17(6-11-27)26-7-1-2-8-26/h12-13,17-18H,1-11,14-15H2. The van der Waals surface area contributed by atoms with Crippen LogP contribution in [0.2, 0.25) is 15.1 Å². The SMILES string of the molecule is O=C(COCC1CCCN1S(=O)(=O)c1c(Cl)cc(Cl)cc1Cl)N1CCC(N2CCCC2)CC1. The highest BCUT2D eigenvalue weighted by atomic mass is 35.5. The third-order valence-corrected chi connectivity index (χ3v) is 9.96. The van der Waals surface area contributed by atoms with Crippen LogP contribution in [0.5, 0.6) is 0 Å². The molecule has 0 aromatic heterocycles. The average Bonchev–Trinajstić information content (AvgIpc) is 3.45. The summed E-state index contributed by atoms with van der Waals surface area (Å²) < 4.78 is 33.6. The van der Waals surface area contributed by atoms with Crippen LogP contribution in [-0.2, 0) is 19.6 Å². The molecule has 0 aliphatic carbocycles. The summed E-state index contributed by atoms with van der Waals surface area (Å²) in [5, 5.41) is 0.256. The van der Waals surface area contributed by atoms with Crippen molar-refractivity contribution in [3.8, 4) is 0 Å². The summed E-state index contributed by atoms with van der Waals surface area (Å²) in [6.07, 6.45) is 5.91. The topological polar surface area (TPSA) is 70.2 Å². The lowest BCUT2D eigenvalue weighted by Crippen LogP contribution is -2.47. The summed E-state index contributed by atoms with van der Waals surface area (Å²) in [7, 11) is -3.92. The number of nitrogens with zero attached hydrogens (tertiary/aromatic N) is 3. The number of likely N-dealkylation sites (tertiary alicyclic amines) is 2. The van der Waals surface area contributed by atoms with E-state index in [9.17, 15) is 13.2 Å². The van der Waals surface area contributed by atoms with Crippen LogP contribution < -0.4 is 0 Å². The van der Waals surface area contributed by atoms with Gasteiger partial charge in [0.05, 0.1) is 16.7 Å². The zero-order chi connectivity index (χ0) is 23.6. The third kappa shape index (κ3) is 5.80. The molecule has 0 bridgehead atoms. The van der Waals surface area contributed by atoms with Gasteiger partial charge in [0.1, 0.15) is 11.5 Å². The number of benzene rings is 1. The zero-order valence-corrected chi connectivity index (χ0v) is 21.6. The van der Waals surface area contributed by atoms with Gasteiger partial charge in [-0.25, -0.2) is 8.42 Å². The molecule has 3 heterocycles. The second-order valence-electron chi connectivity index (χ2n) is 8.98. The van der Waals surface area contributed by atoms with Crippen molar-refractivity contribution >= 4 is 50.7 Å². The molecule has 3 fully saturated rings. The van der Waals surface area contributed by atoms with Gasteiger partial charge in [-0.05, 0) is 63.7 Å². The molecule has 0 radical (unpaired) electrons. The second kappa shape index (κ2) is 11.0. The minimum absolute atomic E-state index is 0.00780. The molecular weight excluding hydrogens is 509 g/mol. The molecule has 0 saturated carbocycles. The Kier molecular flexibility index (Phi) is 8.48. The lowest BCUT2D eigenvalue weighted by atomic mass is 10.0. The Labute approximate surface area is 210 Å². The molecular formula is C22H30Cl3N3O4S. The molecule has 1 atom stereocenters. The van der Waals surface area contributed by atoms with E-state index in [0.717, 1.165) is 25.9 Å². The fourth-order valence-corrected chi connectivity index (χ4v) is 8.32. The lowest BCUT2D eigenvalue weighted by molar-refractivity contribution is -0.138. The fraction of sp³-hybridized carbons (Fsp3) is 0.682. The summed E-state index contributed by atoms with van der Waals surface area (Å²) in [5.41, 5.74) is 0. The van der Waals surface area contributed by atoms with Crippen LogP contribution in [0.4, 0.5) is 0 Å². The number of ether oxygens (including phenoxy) is 1.